The second-order valence-electron chi connectivity index (χ2n) is 12.6. The van der Waals surface area contributed by atoms with Crippen molar-refractivity contribution in [3.8, 4) is 5.75 Å². The van der Waals surface area contributed by atoms with Crippen molar-refractivity contribution < 1.29 is 27.4 Å². The van der Waals surface area contributed by atoms with E-state index in [2.05, 4.69) is 15.7 Å². The summed E-state index contributed by atoms with van der Waals surface area (Å²) >= 11 is 6.34. The highest BCUT2D eigenvalue weighted by Gasteiger charge is 2.47. The van der Waals surface area contributed by atoms with Gasteiger partial charge in [0.15, 0.2) is 0 Å². The third kappa shape index (κ3) is 6.96. The van der Waals surface area contributed by atoms with Crippen molar-refractivity contribution in [1.29, 1.82) is 0 Å². The molecule has 2 bridgehead atoms. The van der Waals surface area contributed by atoms with E-state index in [1.54, 1.807) is 39.3 Å². The van der Waals surface area contributed by atoms with E-state index in [-0.39, 0.29) is 17.4 Å². The normalized spacial score (nSPS) is 29.9. The molecule has 5 rings (SSSR count). The van der Waals surface area contributed by atoms with Crippen LogP contribution < -0.4 is 14.4 Å². The maximum atomic E-state index is 13.4. The van der Waals surface area contributed by atoms with E-state index in [0.717, 1.165) is 56.4 Å². The predicted octanol–water partition coefficient (Wildman–Crippen LogP) is 6.16. The number of halogens is 1. The number of methoxy groups -OCH3 is 2. The van der Waals surface area contributed by atoms with Gasteiger partial charge in [-0.05, 0) is 105 Å². The van der Waals surface area contributed by atoms with Gasteiger partial charge in [-0.25, -0.2) is 13.1 Å². The summed E-state index contributed by atoms with van der Waals surface area (Å²) in [6, 6.07) is 11.1. The van der Waals surface area contributed by atoms with Crippen LogP contribution in [0.5, 0.6) is 5.75 Å². The molecule has 10 heteroatoms. The van der Waals surface area contributed by atoms with Crippen LogP contribution >= 0.6 is 11.6 Å². The Morgan fingerprint density at radius 1 is 1.09 bits per heavy atom. The highest BCUT2D eigenvalue weighted by Crippen LogP contribution is 2.46. The van der Waals surface area contributed by atoms with Gasteiger partial charge in [-0.3, -0.25) is 4.79 Å². The zero-order chi connectivity index (χ0) is 31.5. The quantitative estimate of drug-likeness (QED) is 0.400. The Kier molecular flexibility index (Phi) is 10.3. The number of allylic oxidation sites excluding steroid dienone is 1. The van der Waals surface area contributed by atoms with Gasteiger partial charge < -0.3 is 19.1 Å². The lowest BCUT2D eigenvalue weighted by atomic mass is 9.64. The predicted molar refractivity (Wildman–Crippen MR) is 174 cm³/mol. The smallest absolute Gasteiger partial charge is 0.264 e. The fourth-order valence-corrected chi connectivity index (χ4v) is 8.32. The summed E-state index contributed by atoms with van der Waals surface area (Å²) in [5.41, 5.74) is 2.71. The molecule has 0 unspecified atom stereocenters. The number of anilines is 1. The Hall–Kier alpha value is -2.59. The molecule has 8 nitrogen and oxygen atoms in total. The maximum Gasteiger partial charge on any atom is 0.264 e. The Morgan fingerprint density at radius 2 is 1.91 bits per heavy atom. The number of ether oxygens (including phenoxy) is 3. The van der Waals surface area contributed by atoms with E-state index < -0.39 is 26.8 Å². The summed E-state index contributed by atoms with van der Waals surface area (Å²) in [4.78, 5) is 15.7. The molecule has 240 valence electrons. The molecule has 0 radical (unpaired) electrons. The zero-order valence-corrected chi connectivity index (χ0v) is 27.8. The molecule has 44 heavy (non-hydrogen) atoms. The monoisotopic (exact) mass is 644 g/mol. The molecule has 1 saturated carbocycles. The lowest BCUT2D eigenvalue weighted by molar-refractivity contribution is -0.110. The van der Waals surface area contributed by atoms with Crippen molar-refractivity contribution >= 4 is 33.2 Å². The van der Waals surface area contributed by atoms with Crippen molar-refractivity contribution in [3.63, 3.8) is 0 Å². The van der Waals surface area contributed by atoms with Crippen molar-refractivity contribution in [2.45, 2.75) is 69.8 Å². The number of hydrogen-bond acceptors (Lipinski definition) is 7. The van der Waals surface area contributed by atoms with E-state index in [1.807, 2.05) is 31.2 Å². The van der Waals surface area contributed by atoms with Gasteiger partial charge in [0.25, 0.3) is 5.91 Å². The van der Waals surface area contributed by atoms with E-state index in [1.165, 1.54) is 5.56 Å². The topological polar surface area (TPSA) is 94.2 Å². The highest BCUT2D eigenvalue weighted by atomic mass is 35.5. The van der Waals surface area contributed by atoms with E-state index in [9.17, 15) is 13.2 Å². The Bertz CT molecular complexity index is 1480. The number of fused-ring (bicyclic) bond motifs is 3. The molecule has 2 heterocycles. The van der Waals surface area contributed by atoms with Crippen LogP contribution in [0.1, 0.15) is 67.4 Å². The number of nitrogens with zero attached hydrogens (tertiary/aromatic N) is 1. The van der Waals surface area contributed by atoms with Crippen molar-refractivity contribution in [2.24, 2.45) is 17.8 Å². The van der Waals surface area contributed by atoms with E-state index >= 15 is 0 Å². The molecule has 2 aromatic rings. The molecule has 5 atom stereocenters. The summed E-state index contributed by atoms with van der Waals surface area (Å²) in [7, 11) is -0.512. The van der Waals surface area contributed by atoms with Gasteiger partial charge in [-0.2, -0.15) is 0 Å². The number of aryl methyl sites for hydroxylation is 1. The first-order chi connectivity index (χ1) is 21.1. The number of sulfonamides is 1. The van der Waals surface area contributed by atoms with Gasteiger partial charge in [0, 0.05) is 37.9 Å². The number of nitrogens with one attached hydrogen (secondary N) is 1. The molecule has 0 aromatic heterocycles. The fraction of sp³-hybridized carbons (Fsp3) is 0.559. The number of amides is 1. The van der Waals surface area contributed by atoms with E-state index in [4.69, 9.17) is 25.8 Å². The molecule has 2 aliphatic heterocycles. The summed E-state index contributed by atoms with van der Waals surface area (Å²) in [6.45, 7) is 5.81. The molecule has 1 N–H and O–H groups in total. The first kappa shape index (κ1) is 32.8. The summed E-state index contributed by atoms with van der Waals surface area (Å²) in [5, 5.41) is -0.0738. The molecule has 3 aliphatic rings. The molecular formula is C34H45ClN2O6S. The molecule has 1 fully saturated rings. The van der Waals surface area contributed by atoms with Crippen LogP contribution in [0.25, 0.3) is 0 Å². The summed E-state index contributed by atoms with van der Waals surface area (Å²) in [5.74, 6) is 0.330. The van der Waals surface area contributed by atoms with Gasteiger partial charge in [-0.15, -0.1) is 0 Å². The molecule has 1 aliphatic carbocycles. The fourth-order valence-electron chi connectivity index (χ4n) is 6.84. The number of hydrogen-bond donors (Lipinski definition) is 1. The maximum absolute atomic E-state index is 13.4. The number of carbonyl (C=O) groups excluding carboxylic acids is 1. The van der Waals surface area contributed by atoms with Crippen LogP contribution in [0, 0.1) is 17.8 Å². The average Bonchev–Trinajstić information content (AvgIpc) is 3.01. The van der Waals surface area contributed by atoms with Crippen molar-refractivity contribution in [3.05, 3.63) is 70.3 Å². The lowest BCUT2D eigenvalue weighted by Crippen LogP contribution is -2.53. The molecule has 1 amide bonds. The molecule has 0 saturated heterocycles. The minimum atomic E-state index is -3.93. The number of carbonyl (C=O) groups is 1. The molecule has 0 spiro atoms. The summed E-state index contributed by atoms with van der Waals surface area (Å²) < 4.78 is 47.4. The van der Waals surface area contributed by atoms with Crippen molar-refractivity contribution in [2.75, 3.05) is 38.8 Å². The summed E-state index contributed by atoms with van der Waals surface area (Å²) in [6.07, 6.45) is 9.47. The highest BCUT2D eigenvalue weighted by molar-refractivity contribution is 7.90. The van der Waals surface area contributed by atoms with Crippen molar-refractivity contribution in [1.82, 2.24) is 4.72 Å². The third-order valence-electron chi connectivity index (χ3n) is 9.92. The van der Waals surface area contributed by atoms with E-state index in [0.29, 0.717) is 36.3 Å². The number of benzene rings is 2. The lowest BCUT2D eigenvalue weighted by Gasteiger charge is -2.49. The first-order valence-corrected chi connectivity index (χ1v) is 17.6. The van der Waals surface area contributed by atoms with Crippen LogP contribution in [0.2, 0.25) is 5.02 Å². The minimum absolute atomic E-state index is 0.216. The second-order valence-corrected chi connectivity index (χ2v) is 15.1. The Morgan fingerprint density at radius 3 is 2.64 bits per heavy atom. The standard InChI is InChI=1S/C34H45ClN2O6S/c1-23-8-7-16-34(42-4,22-41-3)30-14-11-27(30)20-37-17-6-5-9-25-18-29(35)13-10-28(25)21-43-32-15-12-26(19-31(32)37)33(38)36-44(39,40)24(23)2/h7,10,12-13,15-16,18-19,23-24,27,30H,5-6,8-9,11,14,17,20-22H2,1-4H3,(H,36,38)/b16-7+/t23-,24+,27-,30+,34-/m0/s1. The minimum Gasteiger partial charge on any atom is -0.487 e. The average molecular weight is 645 g/mol. The van der Waals surface area contributed by atoms with Gasteiger partial charge in [0.2, 0.25) is 10.0 Å². The van der Waals surface area contributed by atoms with Gasteiger partial charge >= 0.3 is 0 Å². The molecular weight excluding hydrogens is 600 g/mol. The Labute approximate surface area is 267 Å². The third-order valence-corrected chi connectivity index (χ3v) is 12.1. The number of rotatable bonds is 3. The Balaban J connectivity index is 1.58. The van der Waals surface area contributed by atoms with Gasteiger partial charge in [-0.1, -0.05) is 36.7 Å². The van der Waals surface area contributed by atoms with Gasteiger partial charge in [0.1, 0.15) is 18.0 Å². The van der Waals surface area contributed by atoms with Crippen LogP contribution in [-0.4, -0.2) is 59.1 Å². The zero-order valence-electron chi connectivity index (χ0n) is 26.2. The second kappa shape index (κ2) is 13.8. The van der Waals surface area contributed by atoms with Crippen LogP contribution in [0.15, 0.2) is 48.6 Å². The van der Waals surface area contributed by atoms with Crippen LogP contribution in [-0.2, 0) is 32.5 Å². The van der Waals surface area contributed by atoms with Crippen LogP contribution in [0.3, 0.4) is 0 Å². The van der Waals surface area contributed by atoms with Gasteiger partial charge in [0.05, 0.1) is 17.5 Å². The SMILES string of the molecule is COC[C@@]1(OC)/C=C/C[C@H](C)[C@@H](C)S(=O)(=O)NC(=O)c2ccc3c(c2)N(CCCCc2cc(Cl)ccc2CO3)C[C@@H]2CC[C@H]21. The largest absolute Gasteiger partial charge is 0.487 e. The first-order valence-electron chi connectivity index (χ1n) is 15.6. The molecule has 2 aromatic carbocycles. The van der Waals surface area contributed by atoms with Crippen LogP contribution in [0.4, 0.5) is 5.69 Å².